The van der Waals surface area contributed by atoms with Crippen molar-refractivity contribution in [3.63, 3.8) is 0 Å². The third-order valence-corrected chi connectivity index (χ3v) is 5.86. The molecule has 2 heterocycles. The van der Waals surface area contributed by atoms with Crippen LogP contribution in [-0.4, -0.2) is 55.9 Å². The van der Waals surface area contributed by atoms with Crippen molar-refractivity contribution in [1.82, 2.24) is 9.29 Å². The van der Waals surface area contributed by atoms with E-state index in [1.807, 2.05) is 25.1 Å². The van der Waals surface area contributed by atoms with E-state index in [2.05, 4.69) is 4.98 Å². The minimum atomic E-state index is -3.17. The molecule has 23 heavy (non-hydrogen) atoms. The van der Waals surface area contributed by atoms with Crippen LogP contribution in [0.15, 0.2) is 18.2 Å². The summed E-state index contributed by atoms with van der Waals surface area (Å²) in [5, 5.41) is 0. The topological polar surface area (TPSA) is 68.7 Å². The predicted molar refractivity (Wildman–Crippen MR) is 86.4 cm³/mol. The molecule has 1 saturated heterocycles. The van der Waals surface area contributed by atoms with Crippen LogP contribution in [0.5, 0.6) is 0 Å². The van der Waals surface area contributed by atoms with Crippen molar-refractivity contribution < 1.29 is 17.9 Å². The molecule has 3 unspecified atom stereocenters. The number of sulfonamides is 1. The number of pyridine rings is 1. The van der Waals surface area contributed by atoms with Crippen molar-refractivity contribution >= 4 is 10.0 Å². The minimum absolute atomic E-state index is 0.00386. The average Bonchev–Trinajstić information content (AvgIpc) is 2.88. The number of ether oxygens (including phenoxy) is 2. The summed E-state index contributed by atoms with van der Waals surface area (Å²) in [6.07, 6.45) is 2.95. The summed E-state index contributed by atoms with van der Waals surface area (Å²) in [6.45, 7) is 4.01. The highest BCUT2D eigenvalue weighted by Gasteiger charge is 2.44. The Morgan fingerprint density at radius 3 is 2.96 bits per heavy atom. The summed E-state index contributed by atoms with van der Waals surface area (Å²) in [4.78, 5) is 4.42. The zero-order chi connectivity index (χ0) is 16.4. The maximum Gasteiger partial charge on any atom is 0.211 e. The number of morpholine rings is 1. The second kappa shape index (κ2) is 6.84. The summed E-state index contributed by atoms with van der Waals surface area (Å²) < 4.78 is 37.0. The zero-order valence-electron chi connectivity index (χ0n) is 13.6. The molecule has 7 heteroatoms. The van der Waals surface area contributed by atoms with E-state index in [4.69, 9.17) is 9.47 Å². The number of hydrogen-bond acceptors (Lipinski definition) is 5. The van der Waals surface area contributed by atoms with E-state index in [0.29, 0.717) is 32.3 Å². The van der Waals surface area contributed by atoms with Gasteiger partial charge in [0.2, 0.25) is 10.0 Å². The third kappa shape index (κ3) is 4.09. The van der Waals surface area contributed by atoms with Crippen LogP contribution >= 0.6 is 0 Å². The van der Waals surface area contributed by atoms with Crippen molar-refractivity contribution in [1.29, 1.82) is 0 Å². The van der Waals surface area contributed by atoms with E-state index in [1.165, 1.54) is 6.26 Å². The molecular weight excluding hydrogens is 316 g/mol. The maximum absolute atomic E-state index is 11.9. The molecule has 0 aromatic carbocycles. The van der Waals surface area contributed by atoms with Crippen LogP contribution in [0.4, 0.5) is 0 Å². The molecule has 0 bridgehead atoms. The lowest BCUT2D eigenvalue weighted by Gasteiger charge is -2.35. The van der Waals surface area contributed by atoms with E-state index < -0.39 is 10.0 Å². The first-order valence-corrected chi connectivity index (χ1v) is 9.87. The molecule has 1 aromatic rings. The highest BCUT2D eigenvalue weighted by molar-refractivity contribution is 7.88. The Bertz CT molecular complexity index is 649. The number of fused-ring (bicyclic) bond motifs is 1. The predicted octanol–water partition coefficient (Wildman–Crippen LogP) is 1.35. The Morgan fingerprint density at radius 2 is 2.22 bits per heavy atom. The van der Waals surface area contributed by atoms with Crippen LogP contribution in [0.25, 0.3) is 0 Å². The Kier molecular flexibility index (Phi) is 5.01. The SMILES string of the molecule is Cc1cccc(COCC2CC3OCCN(S(C)(=O)=O)C3C2)n1. The fourth-order valence-corrected chi connectivity index (χ4v) is 4.69. The van der Waals surface area contributed by atoms with Gasteiger partial charge >= 0.3 is 0 Å². The lowest BCUT2D eigenvalue weighted by molar-refractivity contribution is -0.0250. The van der Waals surface area contributed by atoms with Crippen molar-refractivity contribution in [2.24, 2.45) is 5.92 Å². The summed E-state index contributed by atoms with van der Waals surface area (Å²) in [5.41, 5.74) is 1.91. The highest BCUT2D eigenvalue weighted by Crippen LogP contribution is 2.35. The number of nitrogens with zero attached hydrogens (tertiary/aromatic N) is 2. The Labute approximate surface area is 137 Å². The summed E-state index contributed by atoms with van der Waals surface area (Å²) in [7, 11) is -3.17. The fraction of sp³-hybridized carbons (Fsp3) is 0.688. The van der Waals surface area contributed by atoms with E-state index in [0.717, 1.165) is 24.2 Å². The van der Waals surface area contributed by atoms with Gasteiger partial charge in [0.1, 0.15) is 0 Å². The van der Waals surface area contributed by atoms with Crippen LogP contribution in [0, 0.1) is 12.8 Å². The summed E-state index contributed by atoms with van der Waals surface area (Å²) in [5.74, 6) is 0.331. The average molecular weight is 340 g/mol. The first-order valence-electron chi connectivity index (χ1n) is 8.02. The first kappa shape index (κ1) is 16.8. The molecule has 0 N–H and O–H groups in total. The smallest absolute Gasteiger partial charge is 0.211 e. The van der Waals surface area contributed by atoms with Crippen LogP contribution in [0.3, 0.4) is 0 Å². The van der Waals surface area contributed by atoms with Gasteiger partial charge in [0.05, 0.1) is 43.9 Å². The minimum Gasteiger partial charge on any atom is -0.375 e. The van der Waals surface area contributed by atoms with Crippen LogP contribution < -0.4 is 0 Å². The van der Waals surface area contributed by atoms with Gasteiger partial charge in [-0.15, -0.1) is 0 Å². The van der Waals surface area contributed by atoms with E-state index >= 15 is 0 Å². The quantitative estimate of drug-likeness (QED) is 0.809. The lowest BCUT2D eigenvalue weighted by Crippen LogP contribution is -2.50. The number of hydrogen-bond donors (Lipinski definition) is 0. The molecular formula is C16H24N2O4S. The lowest BCUT2D eigenvalue weighted by atomic mass is 10.1. The van der Waals surface area contributed by atoms with Gasteiger partial charge in [0.15, 0.2) is 0 Å². The molecule has 1 aromatic heterocycles. The van der Waals surface area contributed by atoms with Crippen molar-refractivity contribution in [3.8, 4) is 0 Å². The molecule has 3 atom stereocenters. The highest BCUT2D eigenvalue weighted by atomic mass is 32.2. The van der Waals surface area contributed by atoms with Gasteiger partial charge in [0, 0.05) is 12.2 Å². The van der Waals surface area contributed by atoms with Gasteiger partial charge < -0.3 is 9.47 Å². The third-order valence-electron chi connectivity index (χ3n) is 4.56. The molecule has 1 aliphatic carbocycles. The molecule has 6 nitrogen and oxygen atoms in total. The van der Waals surface area contributed by atoms with E-state index in [1.54, 1.807) is 4.31 Å². The normalized spacial score (nSPS) is 28.7. The summed E-state index contributed by atoms with van der Waals surface area (Å²) >= 11 is 0. The Morgan fingerprint density at radius 1 is 1.39 bits per heavy atom. The maximum atomic E-state index is 11.9. The zero-order valence-corrected chi connectivity index (χ0v) is 14.5. The molecule has 0 amide bonds. The van der Waals surface area contributed by atoms with Gasteiger partial charge in [0.25, 0.3) is 0 Å². The second-order valence-corrected chi connectivity index (χ2v) is 8.41. The van der Waals surface area contributed by atoms with Gasteiger partial charge in [-0.25, -0.2) is 8.42 Å². The Balaban J connectivity index is 1.53. The fourth-order valence-electron chi connectivity index (χ4n) is 3.58. The monoisotopic (exact) mass is 340 g/mol. The largest absolute Gasteiger partial charge is 0.375 e. The van der Waals surface area contributed by atoms with E-state index in [9.17, 15) is 8.42 Å². The molecule has 128 valence electrons. The van der Waals surface area contributed by atoms with Crippen molar-refractivity contribution in [3.05, 3.63) is 29.6 Å². The van der Waals surface area contributed by atoms with Crippen molar-refractivity contribution in [2.45, 2.75) is 38.5 Å². The Hall–Kier alpha value is -1.02. The number of rotatable bonds is 5. The van der Waals surface area contributed by atoms with Crippen LogP contribution in [0.1, 0.15) is 24.2 Å². The molecule has 1 saturated carbocycles. The second-order valence-electron chi connectivity index (χ2n) is 6.47. The number of aromatic nitrogens is 1. The molecule has 0 radical (unpaired) electrons. The molecule has 2 aliphatic rings. The molecule has 1 aliphatic heterocycles. The van der Waals surface area contributed by atoms with Crippen LogP contribution in [0.2, 0.25) is 0 Å². The van der Waals surface area contributed by atoms with Gasteiger partial charge in [-0.05, 0) is 37.8 Å². The van der Waals surface area contributed by atoms with Gasteiger partial charge in [-0.2, -0.15) is 4.31 Å². The van der Waals surface area contributed by atoms with Gasteiger partial charge in [-0.1, -0.05) is 6.07 Å². The summed E-state index contributed by atoms with van der Waals surface area (Å²) in [6, 6.07) is 5.85. The standard InChI is InChI=1S/C16H24N2O4S/c1-12-4-3-5-14(17-12)11-21-10-13-8-15-16(9-13)22-7-6-18(15)23(2,19)20/h3-5,13,15-16H,6-11H2,1-2H3. The van der Waals surface area contributed by atoms with Crippen LogP contribution in [-0.2, 0) is 26.1 Å². The molecule has 0 spiro atoms. The van der Waals surface area contributed by atoms with Crippen molar-refractivity contribution in [2.75, 3.05) is 26.0 Å². The first-order chi connectivity index (χ1) is 10.9. The molecule has 2 fully saturated rings. The number of aryl methyl sites for hydroxylation is 1. The van der Waals surface area contributed by atoms with E-state index in [-0.39, 0.29) is 12.1 Å². The molecule has 3 rings (SSSR count). The van der Waals surface area contributed by atoms with Gasteiger partial charge in [-0.3, -0.25) is 4.98 Å².